The van der Waals surface area contributed by atoms with Gasteiger partial charge in [-0.05, 0) is 18.0 Å². The van der Waals surface area contributed by atoms with Gasteiger partial charge in [-0.3, -0.25) is 13.9 Å². The maximum absolute atomic E-state index is 12.3. The van der Waals surface area contributed by atoms with Crippen LogP contribution < -0.4 is 15.3 Å². The van der Waals surface area contributed by atoms with Crippen molar-refractivity contribution in [3.8, 4) is 0 Å². The van der Waals surface area contributed by atoms with Crippen LogP contribution in [-0.4, -0.2) is 26.5 Å². The van der Waals surface area contributed by atoms with E-state index >= 15 is 0 Å². The third kappa shape index (κ3) is 3.24. The number of thioether (sulfide) groups is 1. The summed E-state index contributed by atoms with van der Waals surface area (Å²) in [5.74, 6) is -0.212. The standard InChI is InChI=1S/C14H13N5O3S/c1-18-7-12(22-17-18)16-11(20)8-23-14-15-10-6-4-3-5-9(10)13(21)19(14)2/h3-7H,8H2,1-2H3. The predicted molar refractivity (Wildman–Crippen MR) is 82.5 cm³/mol. The molecule has 2 aromatic heterocycles. The number of hydrogen-bond acceptors (Lipinski definition) is 7. The molecule has 0 atom stereocenters. The minimum absolute atomic E-state index is 0.0447. The molecule has 3 rings (SSSR count). The lowest BCUT2D eigenvalue weighted by Crippen LogP contribution is -2.27. The number of benzene rings is 1. The lowest BCUT2D eigenvalue weighted by Gasteiger charge is -2.11. The van der Waals surface area contributed by atoms with E-state index in [4.69, 9.17) is 4.52 Å². The number of fused-ring (bicyclic) bond motifs is 1. The molecule has 0 unspecified atom stereocenters. The fraction of sp³-hybridized carbons (Fsp3) is 0.214. The van der Waals surface area contributed by atoms with Crippen molar-refractivity contribution in [3.63, 3.8) is 0 Å². The van der Waals surface area contributed by atoms with E-state index < -0.39 is 5.90 Å². The molecule has 0 aliphatic heterocycles. The maximum Gasteiger partial charge on any atom is 0.320 e. The van der Waals surface area contributed by atoms with Crippen molar-refractivity contribution in [2.24, 2.45) is 19.1 Å². The topological polar surface area (TPSA) is 100 Å². The summed E-state index contributed by atoms with van der Waals surface area (Å²) < 4.78 is 7.67. The highest BCUT2D eigenvalue weighted by Gasteiger charge is 2.09. The highest BCUT2D eigenvalue weighted by molar-refractivity contribution is 7.99. The van der Waals surface area contributed by atoms with Crippen molar-refractivity contribution in [1.29, 1.82) is 0 Å². The van der Waals surface area contributed by atoms with E-state index in [0.717, 1.165) is 11.8 Å². The summed E-state index contributed by atoms with van der Waals surface area (Å²) in [5.41, 5.74) is 0.453. The molecule has 23 heavy (non-hydrogen) atoms. The van der Waals surface area contributed by atoms with Gasteiger partial charge in [0.2, 0.25) is 0 Å². The Balaban J connectivity index is 1.83. The molecule has 1 aromatic carbocycles. The first-order chi connectivity index (χ1) is 11.0. The molecule has 0 bridgehead atoms. The van der Waals surface area contributed by atoms with Crippen molar-refractivity contribution < 1.29 is 14.3 Å². The average Bonchev–Trinajstić information content (AvgIpc) is 2.94. The molecule has 118 valence electrons. The summed E-state index contributed by atoms with van der Waals surface area (Å²) in [6.07, 6.45) is 1.49. The van der Waals surface area contributed by atoms with Crippen molar-refractivity contribution in [3.05, 3.63) is 40.8 Å². The molecular weight excluding hydrogens is 318 g/mol. The fourth-order valence-corrected chi connectivity index (χ4v) is 2.73. The largest absolute Gasteiger partial charge is 0.861 e. The van der Waals surface area contributed by atoms with E-state index in [1.807, 2.05) is 6.07 Å². The molecule has 3 aromatic rings. The second kappa shape index (κ2) is 6.21. The van der Waals surface area contributed by atoms with E-state index in [1.54, 1.807) is 32.3 Å². The zero-order valence-corrected chi connectivity index (χ0v) is 13.3. The summed E-state index contributed by atoms with van der Waals surface area (Å²) in [5, 5.41) is 16.4. The van der Waals surface area contributed by atoms with Gasteiger partial charge in [0.25, 0.3) is 11.8 Å². The van der Waals surface area contributed by atoms with Gasteiger partial charge in [-0.1, -0.05) is 28.6 Å². The van der Waals surface area contributed by atoms with Gasteiger partial charge in [-0.15, -0.1) is 0 Å². The van der Waals surface area contributed by atoms with Crippen molar-refractivity contribution in [2.75, 3.05) is 5.75 Å². The summed E-state index contributed by atoms with van der Waals surface area (Å²) in [6.45, 7) is 0. The average molecular weight is 331 g/mol. The van der Waals surface area contributed by atoms with Crippen LogP contribution in [0.5, 0.6) is 0 Å². The van der Waals surface area contributed by atoms with Crippen LogP contribution in [0.1, 0.15) is 0 Å². The minimum atomic E-state index is -0.394. The smallest absolute Gasteiger partial charge is 0.320 e. The van der Waals surface area contributed by atoms with Gasteiger partial charge in [0.15, 0.2) is 17.5 Å². The highest BCUT2D eigenvalue weighted by Crippen LogP contribution is 2.17. The number of para-hydroxylation sites is 1. The summed E-state index contributed by atoms with van der Waals surface area (Å²) >= 11 is 1.15. The van der Waals surface area contributed by atoms with Crippen LogP contribution in [0.3, 0.4) is 0 Å². The summed E-state index contributed by atoms with van der Waals surface area (Å²) in [7, 11) is 3.29. The van der Waals surface area contributed by atoms with Gasteiger partial charge in [0, 0.05) is 12.8 Å². The Kier molecular flexibility index (Phi) is 4.11. The molecule has 0 aliphatic rings. The quantitative estimate of drug-likeness (QED) is 0.218. The number of nitrogens with zero attached hydrogens (tertiary/aromatic N) is 5. The zero-order chi connectivity index (χ0) is 16.4. The molecule has 0 amide bonds. The molecule has 0 radical (unpaired) electrons. The first kappa shape index (κ1) is 15.2. The van der Waals surface area contributed by atoms with Crippen molar-refractivity contribution >= 4 is 34.4 Å². The molecule has 0 fully saturated rings. The lowest BCUT2D eigenvalue weighted by atomic mass is 10.2. The Bertz CT molecular complexity index is 947. The lowest BCUT2D eigenvalue weighted by molar-refractivity contribution is -0.739. The maximum atomic E-state index is 12.3. The van der Waals surface area contributed by atoms with Crippen LogP contribution in [-0.2, 0) is 14.1 Å². The molecule has 0 saturated heterocycles. The van der Waals surface area contributed by atoms with Gasteiger partial charge >= 0.3 is 5.88 Å². The molecule has 8 nitrogen and oxygen atoms in total. The van der Waals surface area contributed by atoms with Gasteiger partial charge < -0.3 is 5.11 Å². The predicted octanol–water partition coefficient (Wildman–Crippen LogP) is -0.0714. The van der Waals surface area contributed by atoms with Crippen LogP contribution in [0.25, 0.3) is 10.9 Å². The minimum Gasteiger partial charge on any atom is -0.861 e. The van der Waals surface area contributed by atoms with Gasteiger partial charge in [0.1, 0.15) is 0 Å². The first-order valence-corrected chi connectivity index (χ1v) is 7.69. The second-order valence-corrected chi connectivity index (χ2v) is 5.73. The van der Waals surface area contributed by atoms with Gasteiger partial charge in [0.05, 0.1) is 10.9 Å². The van der Waals surface area contributed by atoms with Crippen LogP contribution in [0.2, 0.25) is 0 Å². The summed E-state index contributed by atoms with van der Waals surface area (Å²) in [4.78, 5) is 20.5. The normalized spacial score (nSPS) is 12.0. The van der Waals surface area contributed by atoms with E-state index in [2.05, 4.69) is 15.2 Å². The third-order valence-electron chi connectivity index (χ3n) is 3.06. The monoisotopic (exact) mass is 331 g/mol. The molecule has 2 heterocycles. The molecule has 9 heteroatoms. The Morgan fingerprint density at radius 1 is 1.48 bits per heavy atom. The van der Waals surface area contributed by atoms with Crippen molar-refractivity contribution in [1.82, 2.24) is 14.8 Å². The zero-order valence-electron chi connectivity index (χ0n) is 12.5. The molecule has 0 aliphatic carbocycles. The van der Waals surface area contributed by atoms with E-state index in [1.165, 1.54) is 15.4 Å². The Morgan fingerprint density at radius 2 is 2.26 bits per heavy atom. The van der Waals surface area contributed by atoms with E-state index in [9.17, 15) is 9.90 Å². The summed E-state index contributed by atoms with van der Waals surface area (Å²) in [6, 6.07) is 7.09. The highest BCUT2D eigenvalue weighted by atomic mass is 32.2. The van der Waals surface area contributed by atoms with Crippen LogP contribution in [0.15, 0.2) is 49.9 Å². The fourth-order valence-electron chi connectivity index (χ4n) is 1.97. The van der Waals surface area contributed by atoms with Gasteiger partial charge in [-0.2, -0.15) is 0 Å². The second-order valence-electron chi connectivity index (χ2n) is 4.78. The molecule has 0 saturated carbocycles. The van der Waals surface area contributed by atoms with Crippen LogP contribution in [0, 0.1) is 0 Å². The Labute approximate surface area is 135 Å². The number of aliphatic imine (C=N–C) groups is 1. The van der Waals surface area contributed by atoms with E-state index in [0.29, 0.717) is 16.1 Å². The molecule has 0 N–H and O–H groups in total. The first-order valence-electron chi connectivity index (χ1n) is 6.70. The third-order valence-corrected chi connectivity index (χ3v) is 4.08. The number of aromatic nitrogens is 4. The van der Waals surface area contributed by atoms with Gasteiger partial charge in [-0.25, -0.2) is 9.98 Å². The van der Waals surface area contributed by atoms with Crippen LogP contribution in [0.4, 0.5) is 5.88 Å². The molecular formula is C14H13N5O3S. The van der Waals surface area contributed by atoms with E-state index in [-0.39, 0.29) is 17.2 Å². The SMILES string of the molecule is Cn1c(SC/C([O-])=N/c2c[n+](C)no2)nc2ccccc2c1=O. The number of aryl methyl sites for hydroxylation is 1. The number of rotatable bonds is 4. The van der Waals surface area contributed by atoms with Crippen LogP contribution >= 0.6 is 11.8 Å². The Morgan fingerprint density at radius 3 is 3.00 bits per heavy atom. The molecule has 0 spiro atoms. The number of hydrogen-bond donors (Lipinski definition) is 0. The van der Waals surface area contributed by atoms with Crippen molar-refractivity contribution in [2.45, 2.75) is 5.16 Å². The Hall–Kier alpha value is -2.68.